The fourth-order valence-corrected chi connectivity index (χ4v) is 17.9. The maximum absolute atomic E-state index is 12.4. The van der Waals surface area contributed by atoms with E-state index in [-0.39, 0.29) is 59.7 Å². The lowest BCUT2D eigenvalue weighted by Gasteiger charge is -2.27. The van der Waals surface area contributed by atoms with Crippen molar-refractivity contribution in [1.29, 1.82) is 0 Å². The van der Waals surface area contributed by atoms with Crippen LogP contribution in [0.15, 0.2) is 214 Å². The van der Waals surface area contributed by atoms with Crippen LogP contribution < -0.4 is 28.3 Å². The molecule has 39 heteroatoms. The third-order valence-electron chi connectivity index (χ3n) is 27.6. The number of likely N-dealkylation sites (tertiary alicyclic amines) is 1. The molecule has 714 valence electrons. The molecule has 4 aliphatic carbocycles. The van der Waals surface area contributed by atoms with Crippen LogP contribution in [0.4, 0.5) is 29.6 Å². The summed E-state index contributed by atoms with van der Waals surface area (Å²) in [6.07, 6.45) is 39.6. The van der Waals surface area contributed by atoms with E-state index in [1.807, 2.05) is 41.8 Å². The van der Waals surface area contributed by atoms with Gasteiger partial charge in [-0.15, -0.1) is 0 Å². The maximum atomic E-state index is 12.4. The van der Waals surface area contributed by atoms with E-state index in [4.69, 9.17) is 70.4 Å². The molecule has 4 atom stereocenters. The summed E-state index contributed by atoms with van der Waals surface area (Å²) in [6, 6.07) is 33.8. The zero-order chi connectivity index (χ0) is 96.2. The Labute approximate surface area is 801 Å². The minimum atomic E-state index is -0.504. The van der Waals surface area contributed by atoms with Crippen molar-refractivity contribution in [3.8, 4) is 90.5 Å². The monoisotopic (exact) mass is 1870 g/mol. The van der Waals surface area contributed by atoms with Crippen molar-refractivity contribution in [2.75, 3.05) is 95.0 Å². The summed E-state index contributed by atoms with van der Waals surface area (Å²) in [5.74, 6) is 7.78. The molecule has 10 N–H and O–H groups in total. The van der Waals surface area contributed by atoms with Gasteiger partial charge in [0.25, 0.3) is 23.6 Å². The van der Waals surface area contributed by atoms with Crippen LogP contribution in [0.5, 0.6) is 0 Å². The number of likely N-dealkylation sites (N-methyl/N-ethyl adjacent to an activating group) is 1. The van der Waals surface area contributed by atoms with Crippen molar-refractivity contribution in [2.24, 2.45) is 23.7 Å². The number of hydrogen-bond donors (Lipinski definition) is 6. The van der Waals surface area contributed by atoms with Crippen LogP contribution in [-0.2, 0) is 49.0 Å². The van der Waals surface area contributed by atoms with Gasteiger partial charge in [-0.05, 0) is 187 Å². The Morgan fingerprint density at radius 2 is 0.777 bits per heavy atom. The van der Waals surface area contributed by atoms with E-state index in [1.165, 1.54) is 31.5 Å². The fraction of sp³-hybridized carbons (Fsp3) is 0.380. The summed E-state index contributed by atoms with van der Waals surface area (Å²) in [5.41, 5.74) is 35.7. The normalized spacial score (nSPS) is 16.6. The Kier molecular flexibility index (Phi) is 26.4. The van der Waals surface area contributed by atoms with Crippen molar-refractivity contribution >= 4 is 35.5 Å². The first kappa shape index (κ1) is 92.8. The standard InChI is InChI=1S/C26H30N8O3.C26H30N8O.C25H28N8O2.C23H23N7O2/c1-26(21-8-9-21,20-6-4-17(5-7-20)18-12-28-25(27)29-13-18)24-31-23(37-32-24)19-14-30-34(15-19)16-22(35)33(2)10-11-36-3;1-26(22-8-9-22,21-6-4-18(5-7-21)19-14-28-25(27)29-15-19)24-31-23(35-32-24)20-16-30-34(17-20)13-12-33-10-2-3-11-33;1-24(2,14-34)32-20-13-27-19(12-28-20)21-31-22(33-35-21)25(3,18-8-9-18)17-6-4-15(5-7-17)16-10-29-23(26)30-11-16;1-23(18-6-7-18,17-4-2-14(3-5-17)15-8-25-22(24)26-9-15)21-28-20(32-29-21)16-10-27-30(11-16)19-12-31-13-19/h4-7,12-15,21H,8-11,16H2,1-3H3,(H2,27,28,29);4-7,14-17,22H,2-3,8-13H2,1H3,(H2,27,28,29);4-7,10-13,18,34H,8-9,14H2,1-3H3,(H,28,32)(H2,26,29,30);2-5,8-11,18-19H,6-7,12-13H2,1H3,(H2,24,25,26)/t2*26-;25-;23-/m0000/s1. The van der Waals surface area contributed by atoms with E-state index in [2.05, 4.69) is 221 Å². The Morgan fingerprint density at radius 1 is 0.424 bits per heavy atom. The van der Waals surface area contributed by atoms with Gasteiger partial charge in [0.15, 0.2) is 23.3 Å². The maximum Gasteiger partial charge on any atom is 0.278 e. The number of benzene rings is 4. The highest BCUT2D eigenvalue weighted by molar-refractivity contribution is 5.76. The van der Waals surface area contributed by atoms with Crippen LogP contribution in [0.25, 0.3) is 90.5 Å². The van der Waals surface area contributed by atoms with Gasteiger partial charge < -0.3 is 70.7 Å². The fourth-order valence-electron chi connectivity index (χ4n) is 17.9. The minimum absolute atomic E-state index is 0.0298. The van der Waals surface area contributed by atoms with Gasteiger partial charge >= 0.3 is 0 Å². The van der Waals surface area contributed by atoms with Gasteiger partial charge in [0.1, 0.15) is 18.1 Å². The van der Waals surface area contributed by atoms with E-state index >= 15 is 0 Å². The number of nitrogens with two attached hydrogens (primary N) is 4. The first-order valence-electron chi connectivity index (χ1n) is 46.8. The molecular formula is C100H111N31O8. The quantitative estimate of drug-likeness (QED) is 0.0228. The molecule has 0 radical (unpaired) electrons. The van der Waals surface area contributed by atoms with Crippen molar-refractivity contribution in [3.63, 3.8) is 0 Å². The molecular weight excluding hydrogens is 1760 g/mol. The second kappa shape index (κ2) is 39.5. The molecule has 39 nitrogen and oxygen atoms in total. The summed E-state index contributed by atoms with van der Waals surface area (Å²) in [5, 5.41) is 43.4. The Bertz CT molecular complexity index is 6820. The molecule has 0 bridgehead atoms. The predicted molar refractivity (Wildman–Crippen MR) is 516 cm³/mol. The summed E-state index contributed by atoms with van der Waals surface area (Å²) in [6.45, 7) is 19.2. The largest absolute Gasteiger partial charge is 0.394 e. The number of anilines is 5. The number of aromatic nitrogens is 24. The van der Waals surface area contributed by atoms with Crippen molar-refractivity contribution in [3.05, 3.63) is 242 Å². The topological polar surface area (TPSA) is 516 Å². The average molecular weight is 1880 g/mol. The third kappa shape index (κ3) is 20.5. The number of amides is 1. The molecule has 0 unspecified atom stereocenters. The molecule has 22 rings (SSSR count). The molecule has 4 aromatic carbocycles. The van der Waals surface area contributed by atoms with Crippen LogP contribution >= 0.6 is 0 Å². The molecule has 12 aromatic heterocycles. The highest BCUT2D eigenvalue weighted by Gasteiger charge is 2.52. The van der Waals surface area contributed by atoms with Gasteiger partial charge in [0.2, 0.25) is 29.7 Å². The molecule has 139 heavy (non-hydrogen) atoms. The van der Waals surface area contributed by atoms with Gasteiger partial charge in [-0.25, -0.2) is 49.8 Å². The molecule has 2 saturated heterocycles. The third-order valence-corrected chi connectivity index (χ3v) is 27.6. The van der Waals surface area contributed by atoms with Crippen molar-refractivity contribution in [2.45, 2.75) is 152 Å². The van der Waals surface area contributed by atoms with Crippen LogP contribution in [0.3, 0.4) is 0 Å². The molecule has 6 aliphatic rings. The lowest BCUT2D eigenvalue weighted by molar-refractivity contribution is -0.131. The number of ether oxygens (including phenoxy) is 2. The molecule has 14 heterocycles. The number of nitrogens with one attached hydrogen (secondary N) is 1. The number of rotatable bonds is 32. The molecule has 6 fully saturated rings. The first-order chi connectivity index (χ1) is 67.4. The average Bonchev–Trinajstić information content (AvgIpc) is 1.63. The molecule has 1 amide bonds. The van der Waals surface area contributed by atoms with Crippen LogP contribution in [0.2, 0.25) is 0 Å². The number of nitrogens with zero attached hydrogens (tertiary/aromatic N) is 26. The van der Waals surface area contributed by atoms with Crippen molar-refractivity contribution < 1.29 is 37.5 Å². The predicted octanol–water partition coefficient (Wildman–Crippen LogP) is 13.3. The van der Waals surface area contributed by atoms with E-state index in [9.17, 15) is 9.90 Å². The van der Waals surface area contributed by atoms with Gasteiger partial charge in [0, 0.05) is 118 Å². The smallest absolute Gasteiger partial charge is 0.278 e. The number of aliphatic hydroxyl groups is 1. The van der Waals surface area contributed by atoms with E-state index in [0.29, 0.717) is 108 Å². The zero-order valence-corrected chi connectivity index (χ0v) is 78.7. The zero-order valence-electron chi connectivity index (χ0n) is 78.7. The van der Waals surface area contributed by atoms with Gasteiger partial charge in [-0.3, -0.25) is 18.8 Å². The first-order valence-corrected chi connectivity index (χ1v) is 46.8. The minimum Gasteiger partial charge on any atom is -0.394 e. The summed E-state index contributed by atoms with van der Waals surface area (Å²) < 4.78 is 38.4. The number of methoxy groups -OCH3 is 1. The highest BCUT2D eigenvalue weighted by Crippen LogP contribution is 2.55. The van der Waals surface area contributed by atoms with E-state index in [0.717, 1.165) is 143 Å². The molecule has 0 spiro atoms. The van der Waals surface area contributed by atoms with E-state index < -0.39 is 16.4 Å². The van der Waals surface area contributed by atoms with Gasteiger partial charge in [-0.1, -0.05) is 118 Å². The van der Waals surface area contributed by atoms with Crippen LogP contribution in [0.1, 0.15) is 157 Å². The Balaban J connectivity index is 0.000000118. The van der Waals surface area contributed by atoms with Gasteiger partial charge in [-0.2, -0.15) is 35.2 Å². The lowest BCUT2D eigenvalue weighted by atomic mass is 9.76. The second-order valence-corrected chi connectivity index (χ2v) is 37.9. The lowest BCUT2D eigenvalue weighted by Crippen LogP contribution is -2.35. The molecule has 16 aromatic rings. The molecule has 4 saturated carbocycles. The number of carbonyl (C=O) groups excluding carboxylic acids is 1. The summed E-state index contributed by atoms with van der Waals surface area (Å²) >= 11 is 0. The number of carbonyl (C=O) groups is 1. The number of aliphatic hydroxyl groups excluding tert-OH is 1. The van der Waals surface area contributed by atoms with E-state index in [1.54, 1.807) is 104 Å². The summed E-state index contributed by atoms with van der Waals surface area (Å²) in [7, 11) is 3.35. The Hall–Kier alpha value is -15.2. The molecule has 2 aliphatic heterocycles. The highest BCUT2D eigenvalue weighted by atomic mass is 16.5. The summed E-state index contributed by atoms with van der Waals surface area (Å²) in [4.78, 5) is 77.2. The van der Waals surface area contributed by atoms with Crippen LogP contribution in [-0.4, -0.2) is 213 Å². The van der Waals surface area contributed by atoms with Gasteiger partial charge in [0.05, 0.1) is 114 Å². The van der Waals surface area contributed by atoms with Crippen molar-refractivity contribution in [1.82, 2.24) is 130 Å². The van der Waals surface area contributed by atoms with Crippen LogP contribution in [0, 0.1) is 23.7 Å². The number of nitrogen functional groups attached to an aromatic ring is 4. The number of hydrogen-bond acceptors (Lipinski definition) is 35. The SMILES string of the molecule is CC(C)(CO)Nc1cnc(-c2nc([C@@](C)(c3ccc(-c4cnc(N)nc4)cc3)C3CC3)no2)cn1.COCCN(C)C(=O)Cn1cc(-c2nc([C@@](C)(c3ccc(-c4cnc(N)nc4)cc3)C3CC3)no2)cn1.C[C@@](c1ccc(-c2cnc(N)nc2)cc1)(c1noc(-c2cnn(C3COC3)c2)n1)C1CC1.C[C@@](c1ccc(-c2cnc(N)nc2)cc1)(c1noc(-c2cnn(CCN3CCCC3)c2)n1)C1CC1. The Morgan fingerprint density at radius 3 is 1.12 bits per heavy atom. The second-order valence-electron chi connectivity index (χ2n) is 37.9.